The molecule has 3 nitrogen and oxygen atoms in total. The molecule has 1 aromatic rings. The molecule has 0 unspecified atom stereocenters. The number of phenolic OH excluding ortho intramolecular Hbond substituents is 1. The Hall–Kier alpha value is -1.51. The van der Waals surface area contributed by atoms with Crippen molar-refractivity contribution < 1.29 is 9.90 Å². The average Bonchev–Trinajstić information content (AvgIpc) is 2.26. The molecule has 0 atom stereocenters. The molecule has 0 bridgehead atoms. The predicted octanol–water partition coefficient (Wildman–Crippen LogP) is 2.24. The molecular formula is C13H19NO2. The van der Waals surface area contributed by atoms with Crippen molar-refractivity contribution in [2.45, 2.75) is 39.2 Å². The van der Waals surface area contributed by atoms with E-state index >= 15 is 0 Å². The maximum Gasteiger partial charge on any atom is 0.224 e. The third kappa shape index (κ3) is 3.93. The first kappa shape index (κ1) is 12.6. The third-order valence-corrected chi connectivity index (χ3v) is 2.63. The lowest BCUT2D eigenvalue weighted by atomic mass is 10.1. The number of rotatable bonds is 5. The number of benzene rings is 1. The Balaban J connectivity index is 2.51. The molecule has 0 saturated heterocycles. The minimum atomic E-state index is 0.0132. The van der Waals surface area contributed by atoms with Crippen LogP contribution in [0.1, 0.15) is 32.3 Å². The van der Waals surface area contributed by atoms with Gasteiger partial charge in [0.25, 0.3) is 0 Å². The molecule has 0 radical (unpaired) electrons. The van der Waals surface area contributed by atoms with Crippen LogP contribution in [0.4, 0.5) is 0 Å². The minimum Gasteiger partial charge on any atom is -0.508 e. The fourth-order valence-electron chi connectivity index (χ4n) is 1.62. The number of hydrogen-bond acceptors (Lipinski definition) is 2. The second-order valence-electron chi connectivity index (χ2n) is 3.93. The summed E-state index contributed by atoms with van der Waals surface area (Å²) >= 11 is 0. The zero-order valence-electron chi connectivity index (χ0n) is 9.86. The van der Waals surface area contributed by atoms with Crippen LogP contribution in [0.25, 0.3) is 0 Å². The summed E-state index contributed by atoms with van der Waals surface area (Å²) in [6.45, 7) is 4.12. The predicted molar refractivity (Wildman–Crippen MR) is 64.3 cm³/mol. The SMILES string of the molecule is CCC(CC)NC(=O)Cc1cccc(O)c1. The molecule has 0 aliphatic heterocycles. The molecule has 0 aliphatic carbocycles. The Bertz CT molecular complexity index is 346. The van der Waals surface area contributed by atoms with Crippen molar-refractivity contribution in [3.8, 4) is 5.75 Å². The monoisotopic (exact) mass is 221 g/mol. The van der Waals surface area contributed by atoms with Crippen LogP contribution in [-0.2, 0) is 11.2 Å². The summed E-state index contributed by atoms with van der Waals surface area (Å²) in [6.07, 6.45) is 2.22. The van der Waals surface area contributed by atoms with E-state index in [-0.39, 0.29) is 17.7 Å². The van der Waals surface area contributed by atoms with Crippen molar-refractivity contribution in [1.29, 1.82) is 0 Å². The average molecular weight is 221 g/mol. The van der Waals surface area contributed by atoms with E-state index in [4.69, 9.17) is 0 Å². The van der Waals surface area contributed by atoms with Gasteiger partial charge in [0.1, 0.15) is 5.75 Å². The molecule has 1 amide bonds. The molecule has 2 N–H and O–H groups in total. The lowest BCUT2D eigenvalue weighted by molar-refractivity contribution is -0.121. The maximum atomic E-state index is 11.7. The van der Waals surface area contributed by atoms with Gasteiger partial charge in [-0.25, -0.2) is 0 Å². The van der Waals surface area contributed by atoms with Crippen LogP contribution in [0.5, 0.6) is 5.75 Å². The van der Waals surface area contributed by atoms with Crippen LogP contribution in [-0.4, -0.2) is 17.1 Å². The number of phenols is 1. The van der Waals surface area contributed by atoms with Crippen LogP contribution < -0.4 is 5.32 Å². The van der Waals surface area contributed by atoms with Crippen LogP contribution in [0.15, 0.2) is 24.3 Å². The summed E-state index contributed by atoms with van der Waals surface area (Å²) in [7, 11) is 0. The molecule has 0 spiro atoms. The highest BCUT2D eigenvalue weighted by molar-refractivity contribution is 5.78. The van der Waals surface area contributed by atoms with Crippen LogP contribution in [0, 0.1) is 0 Å². The Morgan fingerprint density at radius 2 is 2.06 bits per heavy atom. The summed E-state index contributed by atoms with van der Waals surface area (Å²) in [5.41, 5.74) is 0.837. The summed E-state index contributed by atoms with van der Waals surface area (Å²) in [4.78, 5) is 11.7. The number of nitrogens with one attached hydrogen (secondary N) is 1. The van der Waals surface area contributed by atoms with Crippen molar-refractivity contribution >= 4 is 5.91 Å². The summed E-state index contributed by atoms with van der Waals surface area (Å²) < 4.78 is 0. The zero-order valence-corrected chi connectivity index (χ0v) is 9.86. The smallest absolute Gasteiger partial charge is 0.224 e. The molecule has 1 rings (SSSR count). The van der Waals surface area contributed by atoms with E-state index in [1.54, 1.807) is 18.2 Å². The molecule has 0 heterocycles. The van der Waals surface area contributed by atoms with Crippen molar-refractivity contribution in [2.75, 3.05) is 0 Å². The molecule has 0 aromatic heterocycles. The van der Waals surface area contributed by atoms with Crippen molar-refractivity contribution in [3.63, 3.8) is 0 Å². The Morgan fingerprint density at radius 1 is 1.38 bits per heavy atom. The molecule has 0 saturated carbocycles. The van der Waals surface area contributed by atoms with Gasteiger partial charge >= 0.3 is 0 Å². The van der Waals surface area contributed by atoms with E-state index in [0.29, 0.717) is 6.42 Å². The molecular weight excluding hydrogens is 202 g/mol. The lowest BCUT2D eigenvalue weighted by Crippen LogP contribution is -2.34. The first-order chi connectivity index (χ1) is 7.65. The van der Waals surface area contributed by atoms with Gasteiger partial charge in [-0.2, -0.15) is 0 Å². The van der Waals surface area contributed by atoms with Crippen molar-refractivity contribution in [3.05, 3.63) is 29.8 Å². The Morgan fingerprint density at radius 3 is 2.62 bits per heavy atom. The van der Waals surface area contributed by atoms with Gasteiger partial charge < -0.3 is 10.4 Å². The van der Waals surface area contributed by atoms with Gasteiger partial charge in [-0.3, -0.25) is 4.79 Å². The van der Waals surface area contributed by atoms with Gasteiger partial charge in [0.2, 0.25) is 5.91 Å². The fourth-order valence-corrected chi connectivity index (χ4v) is 1.62. The van der Waals surface area contributed by atoms with Gasteiger partial charge in [-0.1, -0.05) is 26.0 Å². The number of carbonyl (C=O) groups is 1. The largest absolute Gasteiger partial charge is 0.508 e. The van der Waals surface area contributed by atoms with Gasteiger partial charge in [0.15, 0.2) is 0 Å². The molecule has 0 fully saturated rings. The highest BCUT2D eigenvalue weighted by Crippen LogP contribution is 2.11. The van der Waals surface area contributed by atoms with E-state index in [0.717, 1.165) is 18.4 Å². The normalized spacial score (nSPS) is 10.4. The number of carbonyl (C=O) groups excluding carboxylic acids is 1. The summed E-state index contributed by atoms with van der Waals surface area (Å²) in [5.74, 6) is 0.215. The summed E-state index contributed by atoms with van der Waals surface area (Å²) in [5, 5.41) is 12.2. The van der Waals surface area contributed by atoms with Crippen molar-refractivity contribution in [1.82, 2.24) is 5.32 Å². The number of hydrogen-bond donors (Lipinski definition) is 2. The first-order valence-electron chi connectivity index (χ1n) is 5.73. The fraction of sp³-hybridized carbons (Fsp3) is 0.462. The maximum absolute atomic E-state index is 11.7. The Kier molecular flexibility index (Phi) is 4.83. The highest BCUT2D eigenvalue weighted by Gasteiger charge is 2.08. The lowest BCUT2D eigenvalue weighted by Gasteiger charge is -2.14. The third-order valence-electron chi connectivity index (χ3n) is 2.63. The van der Waals surface area contributed by atoms with Crippen LogP contribution in [0.3, 0.4) is 0 Å². The van der Waals surface area contributed by atoms with Gasteiger partial charge in [-0.05, 0) is 30.5 Å². The topological polar surface area (TPSA) is 49.3 Å². The molecule has 16 heavy (non-hydrogen) atoms. The minimum absolute atomic E-state index is 0.0132. The van der Waals surface area contributed by atoms with E-state index in [2.05, 4.69) is 19.2 Å². The molecule has 88 valence electrons. The van der Waals surface area contributed by atoms with Crippen molar-refractivity contribution in [2.24, 2.45) is 0 Å². The second kappa shape index (κ2) is 6.16. The van der Waals surface area contributed by atoms with E-state index in [9.17, 15) is 9.90 Å². The Labute approximate surface area is 96.5 Å². The van der Waals surface area contributed by atoms with E-state index in [1.807, 2.05) is 6.07 Å². The van der Waals surface area contributed by atoms with E-state index < -0.39 is 0 Å². The first-order valence-corrected chi connectivity index (χ1v) is 5.73. The standard InChI is InChI=1S/C13H19NO2/c1-3-11(4-2)14-13(16)9-10-6-5-7-12(15)8-10/h5-8,11,15H,3-4,9H2,1-2H3,(H,14,16). The number of amides is 1. The molecule has 0 aliphatic rings. The van der Waals surface area contributed by atoms with Gasteiger partial charge in [0.05, 0.1) is 6.42 Å². The highest BCUT2D eigenvalue weighted by atomic mass is 16.3. The number of aromatic hydroxyl groups is 1. The van der Waals surface area contributed by atoms with Crippen LogP contribution >= 0.6 is 0 Å². The second-order valence-corrected chi connectivity index (χ2v) is 3.93. The van der Waals surface area contributed by atoms with Crippen LogP contribution in [0.2, 0.25) is 0 Å². The summed E-state index contributed by atoms with van der Waals surface area (Å²) in [6, 6.07) is 7.06. The van der Waals surface area contributed by atoms with E-state index in [1.165, 1.54) is 0 Å². The quantitative estimate of drug-likeness (QED) is 0.801. The zero-order chi connectivity index (χ0) is 12.0. The molecule has 3 heteroatoms. The molecule has 1 aromatic carbocycles. The van der Waals surface area contributed by atoms with Gasteiger partial charge in [-0.15, -0.1) is 0 Å². The van der Waals surface area contributed by atoms with Gasteiger partial charge in [0, 0.05) is 6.04 Å².